The van der Waals surface area contributed by atoms with E-state index in [4.69, 9.17) is 10.5 Å². The average Bonchev–Trinajstić information content (AvgIpc) is 2.78. The SMILES string of the molecule is CC1(C)C2CCC1(C)C(OC(CN)c1ccccn1)C2. The summed E-state index contributed by atoms with van der Waals surface area (Å²) in [6.07, 6.45) is 5.84. The van der Waals surface area contributed by atoms with Gasteiger partial charge in [-0.2, -0.15) is 0 Å². The Morgan fingerprint density at radius 2 is 2.20 bits per heavy atom. The van der Waals surface area contributed by atoms with E-state index in [1.165, 1.54) is 19.3 Å². The molecule has 1 heterocycles. The lowest BCUT2D eigenvalue weighted by Gasteiger charge is -2.40. The first-order valence-corrected chi connectivity index (χ1v) is 7.75. The predicted molar refractivity (Wildman–Crippen MR) is 80.1 cm³/mol. The maximum absolute atomic E-state index is 6.43. The fourth-order valence-electron chi connectivity index (χ4n) is 4.35. The summed E-state index contributed by atoms with van der Waals surface area (Å²) in [7, 11) is 0. The summed E-state index contributed by atoms with van der Waals surface area (Å²) in [4.78, 5) is 4.41. The molecular formula is C17H26N2O. The second-order valence-corrected chi connectivity index (χ2v) is 7.21. The fourth-order valence-corrected chi connectivity index (χ4v) is 4.35. The quantitative estimate of drug-likeness (QED) is 0.916. The monoisotopic (exact) mass is 274 g/mol. The molecule has 2 N–H and O–H groups in total. The van der Waals surface area contributed by atoms with Gasteiger partial charge in [0.15, 0.2) is 0 Å². The number of aromatic nitrogens is 1. The van der Waals surface area contributed by atoms with E-state index in [1.807, 2.05) is 24.4 Å². The van der Waals surface area contributed by atoms with Crippen molar-refractivity contribution in [3.05, 3.63) is 30.1 Å². The summed E-state index contributed by atoms with van der Waals surface area (Å²) < 4.78 is 6.43. The molecule has 1 aromatic rings. The van der Waals surface area contributed by atoms with Gasteiger partial charge in [-0.05, 0) is 48.1 Å². The Hall–Kier alpha value is -0.930. The van der Waals surface area contributed by atoms with Gasteiger partial charge in [0, 0.05) is 12.7 Å². The normalized spacial score (nSPS) is 36.2. The molecule has 3 nitrogen and oxygen atoms in total. The Morgan fingerprint density at radius 1 is 1.40 bits per heavy atom. The maximum atomic E-state index is 6.43. The second kappa shape index (κ2) is 4.81. The zero-order valence-corrected chi connectivity index (χ0v) is 12.8. The van der Waals surface area contributed by atoms with Crippen LogP contribution in [0, 0.1) is 16.7 Å². The number of ether oxygens (including phenoxy) is 1. The van der Waals surface area contributed by atoms with Crippen LogP contribution < -0.4 is 5.73 Å². The molecule has 20 heavy (non-hydrogen) atoms. The van der Waals surface area contributed by atoms with E-state index in [0.717, 1.165) is 11.6 Å². The van der Waals surface area contributed by atoms with Crippen molar-refractivity contribution in [1.82, 2.24) is 4.98 Å². The molecular weight excluding hydrogens is 248 g/mol. The van der Waals surface area contributed by atoms with Crippen LogP contribution in [-0.4, -0.2) is 17.6 Å². The van der Waals surface area contributed by atoms with E-state index in [0.29, 0.717) is 18.1 Å². The van der Waals surface area contributed by atoms with Crippen LogP contribution in [-0.2, 0) is 4.74 Å². The Kier molecular flexibility index (Phi) is 3.38. The van der Waals surface area contributed by atoms with Gasteiger partial charge < -0.3 is 10.5 Å². The van der Waals surface area contributed by atoms with Gasteiger partial charge in [-0.3, -0.25) is 4.98 Å². The number of rotatable bonds is 4. The van der Waals surface area contributed by atoms with Crippen LogP contribution in [0.1, 0.15) is 51.8 Å². The molecule has 2 saturated carbocycles. The summed E-state index contributed by atoms with van der Waals surface area (Å²) in [5.74, 6) is 0.791. The second-order valence-electron chi connectivity index (χ2n) is 7.21. The Morgan fingerprint density at radius 3 is 2.70 bits per heavy atom. The molecule has 0 aliphatic heterocycles. The molecule has 2 fully saturated rings. The molecule has 2 aliphatic carbocycles. The van der Waals surface area contributed by atoms with E-state index in [-0.39, 0.29) is 11.5 Å². The minimum absolute atomic E-state index is 0.0758. The molecule has 4 unspecified atom stereocenters. The molecule has 4 atom stereocenters. The number of nitrogens with two attached hydrogens (primary N) is 1. The van der Waals surface area contributed by atoms with E-state index >= 15 is 0 Å². The summed E-state index contributed by atoms with van der Waals surface area (Å²) in [6, 6.07) is 5.94. The Balaban J connectivity index is 1.79. The first-order valence-electron chi connectivity index (χ1n) is 7.75. The predicted octanol–water partition coefficient (Wildman–Crippen LogP) is 3.31. The molecule has 2 bridgehead atoms. The van der Waals surface area contributed by atoms with Crippen molar-refractivity contribution < 1.29 is 4.74 Å². The fraction of sp³-hybridized carbons (Fsp3) is 0.706. The highest BCUT2D eigenvalue weighted by Gasteiger charge is 2.62. The standard InChI is InChI=1S/C17H26N2O/c1-16(2)12-7-8-17(16,3)15(10-12)20-14(11-18)13-6-4-5-9-19-13/h4-6,9,12,14-15H,7-8,10-11,18H2,1-3H3. The van der Waals surface area contributed by atoms with Crippen LogP contribution in [0.2, 0.25) is 0 Å². The minimum Gasteiger partial charge on any atom is -0.367 e. The summed E-state index contributed by atoms with van der Waals surface area (Å²) >= 11 is 0. The van der Waals surface area contributed by atoms with Crippen LogP contribution in [0.4, 0.5) is 0 Å². The van der Waals surface area contributed by atoms with Gasteiger partial charge in [0.2, 0.25) is 0 Å². The first-order chi connectivity index (χ1) is 9.49. The third-order valence-electron chi connectivity index (χ3n) is 6.27. The van der Waals surface area contributed by atoms with E-state index in [9.17, 15) is 0 Å². The van der Waals surface area contributed by atoms with Crippen molar-refractivity contribution in [3.63, 3.8) is 0 Å². The van der Waals surface area contributed by atoms with Gasteiger partial charge in [0.25, 0.3) is 0 Å². The van der Waals surface area contributed by atoms with Crippen LogP contribution in [0.15, 0.2) is 24.4 Å². The van der Waals surface area contributed by atoms with Gasteiger partial charge in [-0.15, -0.1) is 0 Å². The Bertz CT molecular complexity index is 473. The molecule has 0 aromatic carbocycles. The van der Waals surface area contributed by atoms with E-state index in [2.05, 4.69) is 25.8 Å². The molecule has 0 spiro atoms. The molecule has 0 amide bonds. The molecule has 3 heteroatoms. The summed E-state index contributed by atoms with van der Waals surface area (Å²) in [6.45, 7) is 7.71. The number of hydrogen-bond donors (Lipinski definition) is 1. The third kappa shape index (κ3) is 1.91. The van der Waals surface area contributed by atoms with Crippen LogP contribution in [0.5, 0.6) is 0 Å². The van der Waals surface area contributed by atoms with Crippen molar-refractivity contribution in [2.75, 3.05) is 6.54 Å². The topological polar surface area (TPSA) is 48.1 Å². The van der Waals surface area contributed by atoms with Crippen molar-refractivity contribution in [2.24, 2.45) is 22.5 Å². The van der Waals surface area contributed by atoms with Gasteiger partial charge in [-0.1, -0.05) is 26.8 Å². The summed E-state index contributed by atoms with van der Waals surface area (Å²) in [5.41, 5.74) is 7.54. The largest absolute Gasteiger partial charge is 0.367 e. The van der Waals surface area contributed by atoms with Crippen LogP contribution in [0.25, 0.3) is 0 Å². The molecule has 0 radical (unpaired) electrons. The zero-order chi connectivity index (χ0) is 14.4. The molecule has 3 rings (SSSR count). The molecule has 1 aromatic heterocycles. The van der Waals surface area contributed by atoms with Gasteiger partial charge >= 0.3 is 0 Å². The number of hydrogen-bond acceptors (Lipinski definition) is 3. The number of nitrogens with zero attached hydrogens (tertiary/aromatic N) is 1. The van der Waals surface area contributed by atoms with Crippen LogP contribution in [0.3, 0.4) is 0 Å². The maximum Gasteiger partial charge on any atom is 0.112 e. The van der Waals surface area contributed by atoms with Crippen molar-refractivity contribution in [2.45, 2.75) is 52.2 Å². The highest BCUT2D eigenvalue weighted by molar-refractivity contribution is 5.13. The number of fused-ring (bicyclic) bond motifs is 2. The lowest BCUT2D eigenvalue weighted by Crippen LogP contribution is -2.38. The van der Waals surface area contributed by atoms with Crippen molar-refractivity contribution in [3.8, 4) is 0 Å². The van der Waals surface area contributed by atoms with E-state index < -0.39 is 0 Å². The van der Waals surface area contributed by atoms with Gasteiger partial charge in [0.05, 0.1) is 11.8 Å². The Labute approximate surface area is 121 Å². The highest BCUT2D eigenvalue weighted by Crippen LogP contribution is 2.66. The molecule has 0 saturated heterocycles. The first kappa shape index (κ1) is 14.0. The molecule has 110 valence electrons. The number of pyridine rings is 1. The van der Waals surface area contributed by atoms with Gasteiger partial charge in [-0.25, -0.2) is 0 Å². The smallest absolute Gasteiger partial charge is 0.112 e. The zero-order valence-electron chi connectivity index (χ0n) is 12.8. The third-order valence-corrected chi connectivity index (χ3v) is 6.27. The summed E-state index contributed by atoms with van der Waals surface area (Å²) in [5, 5.41) is 0. The van der Waals surface area contributed by atoms with Gasteiger partial charge in [0.1, 0.15) is 6.10 Å². The van der Waals surface area contributed by atoms with Crippen molar-refractivity contribution in [1.29, 1.82) is 0 Å². The lowest BCUT2D eigenvalue weighted by atomic mass is 9.70. The molecule has 2 aliphatic rings. The minimum atomic E-state index is -0.0758. The average molecular weight is 274 g/mol. The van der Waals surface area contributed by atoms with Crippen molar-refractivity contribution >= 4 is 0 Å². The van der Waals surface area contributed by atoms with E-state index in [1.54, 1.807) is 0 Å². The highest BCUT2D eigenvalue weighted by atomic mass is 16.5. The lowest BCUT2D eigenvalue weighted by molar-refractivity contribution is -0.0861. The van der Waals surface area contributed by atoms with Crippen LogP contribution >= 0.6 is 0 Å².